The molecular formula is C30H36N6O3. The number of nitrogens with one attached hydrogen (secondary N) is 1. The van der Waals surface area contributed by atoms with Gasteiger partial charge in [0.25, 0.3) is 5.91 Å². The molecule has 2 saturated heterocycles. The molecule has 1 atom stereocenters. The Morgan fingerprint density at radius 3 is 2.79 bits per heavy atom. The van der Waals surface area contributed by atoms with Crippen LogP contribution in [0.15, 0.2) is 36.8 Å². The number of hydrogen-bond acceptors (Lipinski definition) is 7. The lowest BCUT2D eigenvalue weighted by molar-refractivity contribution is -0.164. The Kier molecular flexibility index (Phi) is 7.77. The first-order valence-electron chi connectivity index (χ1n) is 14.1. The summed E-state index contributed by atoms with van der Waals surface area (Å²) in [7, 11) is 0. The highest BCUT2D eigenvalue weighted by atomic mass is 16.7. The zero-order valence-corrected chi connectivity index (χ0v) is 22.3. The molecule has 0 radical (unpaired) electrons. The first kappa shape index (κ1) is 25.8. The molecule has 1 aliphatic carbocycles. The van der Waals surface area contributed by atoms with Crippen LogP contribution in [0.4, 0.5) is 5.82 Å². The maximum Gasteiger partial charge on any atom is 0.251 e. The van der Waals surface area contributed by atoms with E-state index in [9.17, 15) is 4.79 Å². The standard InChI is InChI=1S/C30H36N6O3/c31-28-27-23(8-7-21-4-3-5-22(18-21)30(37)34-24-9-10-24)19-36(29(27)33-20-32-28)25-11-13-35(14-12-25)15-17-39-26-6-1-2-16-38-26/h3-5,18-20,24-26H,1-2,6,9-17H2,(H,34,37)(H2,31,32,33). The Hall–Kier alpha value is -3.45. The summed E-state index contributed by atoms with van der Waals surface area (Å²) in [5.74, 6) is 6.91. The van der Waals surface area contributed by atoms with Crippen LogP contribution in [0.1, 0.15) is 72.5 Å². The van der Waals surface area contributed by atoms with Crippen molar-refractivity contribution in [3.05, 3.63) is 53.5 Å². The van der Waals surface area contributed by atoms with Crippen molar-refractivity contribution in [3.8, 4) is 11.8 Å². The molecule has 3 N–H and O–H groups in total. The van der Waals surface area contributed by atoms with Gasteiger partial charge in [-0.3, -0.25) is 4.79 Å². The quantitative estimate of drug-likeness (QED) is 0.452. The zero-order valence-electron chi connectivity index (χ0n) is 22.3. The molecule has 3 aromatic rings. The van der Waals surface area contributed by atoms with E-state index in [0.717, 1.165) is 86.9 Å². The summed E-state index contributed by atoms with van der Waals surface area (Å²) < 4.78 is 13.8. The van der Waals surface area contributed by atoms with E-state index < -0.39 is 0 Å². The van der Waals surface area contributed by atoms with E-state index in [4.69, 9.17) is 15.2 Å². The van der Waals surface area contributed by atoms with E-state index in [1.165, 1.54) is 12.7 Å². The highest BCUT2D eigenvalue weighted by molar-refractivity contribution is 5.95. The smallest absolute Gasteiger partial charge is 0.251 e. The minimum absolute atomic E-state index is 0.0328. The fourth-order valence-electron chi connectivity index (χ4n) is 5.43. The summed E-state index contributed by atoms with van der Waals surface area (Å²) in [6, 6.07) is 8.07. The Labute approximate surface area is 229 Å². The van der Waals surface area contributed by atoms with Crippen molar-refractivity contribution in [2.45, 2.75) is 63.3 Å². The second kappa shape index (κ2) is 11.7. The van der Waals surface area contributed by atoms with Crippen molar-refractivity contribution in [1.29, 1.82) is 0 Å². The number of benzene rings is 1. The van der Waals surface area contributed by atoms with Gasteiger partial charge in [0.05, 0.1) is 17.6 Å². The van der Waals surface area contributed by atoms with Gasteiger partial charge in [-0.05, 0) is 63.1 Å². The van der Waals surface area contributed by atoms with Crippen LogP contribution < -0.4 is 11.1 Å². The number of hydrogen-bond donors (Lipinski definition) is 2. The summed E-state index contributed by atoms with van der Waals surface area (Å²) in [6.07, 6.45) is 11.0. The molecule has 6 rings (SSSR count). The van der Waals surface area contributed by atoms with Gasteiger partial charge in [0, 0.05) is 55.6 Å². The number of nitrogens with zero attached hydrogens (tertiary/aromatic N) is 4. The molecule has 204 valence electrons. The van der Waals surface area contributed by atoms with Crippen LogP contribution in [0.5, 0.6) is 0 Å². The van der Waals surface area contributed by atoms with E-state index in [-0.39, 0.29) is 12.2 Å². The van der Waals surface area contributed by atoms with Crippen molar-refractivity contribution in [2.75, 3.05) is 38.6 Å². The number of aromatic nitrogens is 3. The summed E-state index contributed by atoms with van der Waals surface area (Å²) in [6.45, 7) is 4.43. The molecule has 1 saturated carbocycles. The topological polar surface area (TPSA) is 108 Å². The summed E-state index contributed by atoms with van der Waals surface area (Å²) >= 11 is 0. The van der Waals surface area contributed by atoms with Gasteiger partial charge in [0.2, 0.25) is 0 Å². The Bertz CT molecular complexity index is 1370. The van der Waals surface area contributed by atoms with Gasteiger partial charge < -0.3 is 30.0 Å². The monoisotopic (exact) mass is 528 g/mol. The Morgan fingerprint density at radius 1 is 1.13 bits per heavy atom. The van der Waals surface area contributed by atoms with Crippen LogP contribution in [0.2, 0.25) is 0 Å². The highest BCUT2D eigenvalue weighted by Crippen LogP contribution is 2.31. The van der Waals surface area contributed by atoms with Crippen LogP contribution in [-0.4, -0.2) is 70.5 Å². The van der Waals surface area contributed by atoms with Gasteiger partial charge in [-0.15, -0.1) is 0 Å². The molecule has 1 unspecified atom stereocenters. The first-order chi connectivity index (χ1) is 19.1. The number of nitrogens with two attached hydrogens (primary N) is 1. The van der Waals surface area contributed by atoms with Crippen molar-refractivity contribution < 1.29 is 14.3 Å². The molecule has 1 amide bonds. The Balaban J connectivity index is 1.14. The first-order valence-corrected chi connectivity index (χ1v) is 14.1. The number of likely N-dealkylation sites (tertiary alicyclic amines) is 1. The fourth-order valence-corrected chi connectivity index (χ4v) is 5.43. The van der Waals surface area contributed by atoms with Gasteiger partial charge in [0.15, 0.2) is 6.29 Å². The number of anilines is 1. The number of rotatable bonds is 7. The van der Waals surface area contributed by atoms with Crippen molar-refractivity contribution in [3.63, 3.8) is 0 Å². The minimum atomic E-state index is -0.0457. The molecule has 2 aliphatic heterocycles. The van der Waals surface area contributed by atoms with E-state index in [0.29, 0.717) is 30.1 Å². The maximum absolute atomic E-state index is 12.5. The summed E-state index contributed by atoms with van der Waals surface area (Å²) in [5.41, 5.74) is 9.34. The third-order valence-corrected chi connectivity index (χ3v) is 7.82. The van der Waals surface area contributed by atoms with Gasteiger partial charge in [0.1, 0.15) is 17.8 Å². The lowest BCUT2D eigenvalue weighted by Crippen LogP contribution is -2.37. The molecule has 2 aromatic heterocycles. The molecule has 9 heteroatoms. The number of carbonyl (C=O) groups is 1. The van der Waals surface area contributed by atoms with Crippen LogP contribution in [0.25, 0.3) is 11.0 Å². The molecule has 0 spiro atoms. The Morgan fingerprint density at radius 2 is 2.00 bits per heavy atom. The lowest BCUT2D eigenvalue weighted by atomic mass is 10.0. The number of ether oxygens (including phenoxy) is 2. The minimum Gasteiger partial charge on any atom is -0.383 e. The van der Waals surface area contributed by atoms with Gasteiger partial charge in [-0.1, -0.05) is 17.9 Å². The number of carbonyl (C=O) groups excluding carboxylic acids is 1. The van der Waals surface area contributed by atoms with Crippen LogP contribution in [0.3, 0.4) is 0 Å². The third kappa shape index (κ3) is 6.25. The van der Waals surface area contributed by atoms with E-state index in [2.05, 4.69) is 42.8 Å². The average molecular weight is 529 g/mol. The number of piperidine rings is 1. The molecule has 1 aromatic carbocycles. The highest BCUT2D eigenvalue weighted by Gasteiger charge is 2.25. The van der Waals surface area contributed by atoms with Crippen LogP contribution in [0, 0.1) is 11.8 Å². The molecule has 39 heavy (non-hydrogen) atoms. The predicted octanol–water partition coefficient (Wildman–Crippen LogP) is 3.49. The van der Waals surface area contributed by atoms with Gasteiger partial charge in [-0.25, -0.2) is 9.97 Å². The molecule has 4 heterocycles. The van der Waals surface area contributed by atoms with Gasteiger partial charge >= 0.3 is 0 Å². The van der Waals surface area contributed by atoms with Crippen molar-refractivity contribution >= 4 is 22.8 Å². The summed E-state index contributed by atoms with van der Waals surface area (Å²) in [5, 5.41) is 3.82. The van der Waals surface area contributed by atoms with Crippen LogP contribution in [-0.2, 0) is 9.47 Å². The number of fused-ring (bicyclic) bond motifs is 1. The molecule has 3 fully saturated rings. The van der Waals surface area contributed by atoms with Crippen molar-refractivity contribution in [2.24, 2.45) is 0 Å². The SMILES string of the molecule is Nc1ncnc2c1c(C#Cc1cccc(C(=O)NC3CC3)c1)cn2C1CCN(CCOC2CCCCO2)CC1. The lowest BCUT2D eigenvalue weighted by Gasteiger charge is -2.33. The third-order valence-electron chi connectivity index (χ3n) is 7.82. The van der Waals surface area contributed by atoms with Gasteiger partial charge in [-0.2, -0.15) is 0 Å². The summed E-state index contributed by atoms with van der Waals surface area (Å²) in [4.78, 5) is 23.7. The average Bonchev–Trinajstić information content (AvgIpc) is 3.71. The fraction of sp³-hybridized carbons (Fsp3) is 0.500. The second-order valence-corrected chi connectivity index (χ2v) is 10.7. The largest absolute Gasteiger partial charge is 0.383 e. The van der Waals surface area contributed by atoms with E-state index in [1.807, 2.05) is 24.3 Å². The molecule has 9 nitrogen and oxygen atoms in total. The maximum atomic E-state index is 12.5. The van der Waals surface area contributed by atoms with E-state index >= 15 is 0 Å². The zero-order chi connectivity index (χ0) is 26.6. The second-order valence-electron chi connectivity index (χ2n) is 10.7. The number of amides is 1. The normalized spacial score (nSPS) is 20.5. The molecular weight excluding hydrogens is 492 g/mol. The van der Waals surface area contributed by atoms with E-state index in [1.54, 1.807) is 0 Å². The van der Waals surface area contributed by atoms with Crippen LogP contribution >= 0.6 is 0 Å². The molecule has 3 aliphatic rings. The van der Waals surface area contributed by atoms with Crippen molar-refractivity contribution in [1.82, 2.24) is 24.8 Å². The number of nitrogen functional groups attached to an aromatic ring is 1. The molecule has 0 bridgehead atoms. The predicted molar refractivity (Wildman–Crippen MR) is 149 cm³/mol.